The van der Waals surface area contributed by atoms with Gasteiger partial charge in [0.15, 0.2) is 0 Å². The fourth-order valence-corrected chi connectivity index (χ4v) is 4.03. The molecule has 1 fully saturated rings. The van der Waals surface area contributed by atoms with Crippen LogP contribution in [0.1, 0.15) is 17.4 Å². The van der Waals surface area contributed by atoms with E-state index >= 15 is 0 Å². The van der Waals surface area contributed by atoms with Gasteiger partial charge >= 0.3 is 0 Å². The molecule has 0 saturated carbocycles. The van der Waals surface area contributed by atoms with E-state index in [1.54, 1.807) is 6.26 Å². The number of likely N-dealkylation sites (N-methyl/N-ethyl adjacent to an activating group) is 1. The topological polar surface area (TPSA) is 69.0 Å². The molecule has 2 heterocycles. The first kappa shape index (κ1) is 20.4. The summed E-state index contributed by atoms with van der Waals surface area (Å²) in [5.74, 6) is 0.822. The Morgan fingerprint density at radius 3 is 2.37 bits per heavy atom. The number of piperazine rings is 1. The van der Waals surface area contributed by atoms with Gasteiger partial charge in [-0.1, -0.05) is 30.3 Å². The average Bonchev–Trinajstić information content (AvgIpc) is 3.28. The molecule has 7 heteroatoms. The Morgan fingerprint density at radius 1 is 1.00 bits per heavy atom. The summed E-state index contributed by atoms with van der Waals surface area (Å²) in [4.78, 5) is 31.0. The highest BCUT2D eigenvalue weighted by molar-refractivity contribution is 5.75. The zero-order chi connectivity index (χ0) is 21.1. The van der Waals surface area contributed by atoms with E-state index in [1.165, 1.54) is 5.56 Å². The van der Waals surface area contributed by atoms with Crippen LogP contribution in [0.5, 0.6) is 0 Å². The second-order valence-corrected chi connectivity index (χ2v) is 8.01. The van der Waals surface area contributed by atoms with Crippen molar-refractivity contribution in [2.45, 2.75) is 12.6 Å². The average molecular weight is 409 g/mol. The molecule has 2 aromatic carbocycles. The van der Waals surface area contributed by atoms with Crippen molar-refractivity contribution in [3.05, 3.63) is 80.5 Å². The van der Waals surface area contributed by atoms with Crippen LogP contribution in [0.15, 0.2) is 62.7 Å². The smallest absolute Gasteiger partial charge is 0.253 e. The van der Waals surface area contributed by atoms with E-state index < -0.39 is 5.43 Å². The van der Waals surface area contributed by atoms with Crippen molar-refractivity contribution in [2.75, 3.05) is 57.0 Å². The lowest BCUT2D eigenvalue weighted by Gasteiger charge is -2.37. The van der Waals surface area contributed by atoms with Crippen molar-refractivity contribution in [3.8, 4) is 0 Å². The third kappa shape index (κ3) is 4.17. The number of benzene rings is 1. The number of anilines is 2. The lowest BCUT2D eigenvalue weighted by molar-refractivity contribution is 0.249. The molecule has 1 atom stereocenters. The number of nitrogens with one attached hydrogen (secondary N) is 1. The minimum atomic E-state index is -0.423. The second kappa shape index (κ2) is 8.85. The van der Waals surface area contributed by atoms with E-state index in [2.05, 4.69) is 34.5 Å². The first-order valence-corrected chi connectivity index (χ1v) is 10.3. The molecule has 1 saturated heterocycles. The third-order valence-electron chi connectivity index (χ3n) is 5.79. The van der Waals surface area contributed by atoms with E-state index in [0.29, 0.717) is 17.9 Å². The van der Waals surface area contributed by atoms with Gasteiger partial charge in [0.05, 0.1) is 12.3 Å². The number of rotatable bonds is 8. The Bertz CT molecular complexity index is 1010. The van der Waals surface area contributed by atoms with Gasteiger partial charge in [-0.25, -0.2) is 0 Å². The minimum absolute atomic E-state index is 0.0278. The molecule has 0 spiro atoms. The predicted octanol–water partition coefficient (Wildman–Crippen LogP) is 1.91. The normalized spacial score (nSPS) is 16.3. The first-order chi connectivity index (χ1) is 14.5. The molecule has 158 valence electrons. The fraction of sp³-hybridized carbons (Fsp3) is 0.391. The summed E-state index contributed by atoms with van der Waals surface area (Å²) in [5, 5.41) is 3.22. The van der Waals surface area contributed by atoms with Crippen molar-refractivity contribution >= 4 is 11.4 Å². The highest BCUT2D eigenvalue weighted by Gasteiger charge is 2.29. The standard InChI is InChI=1S/C23H28N4O3/c1-25(2)18(19-9-6-14-30-19)15-24-20-21(23(29)22(20)28)27-12-10-26(11-13-27)16-17-7-4-3-5-8-17/h3-9,14,18,24H,10-13,15-16H2,1-2H3. The van der Waals surface area contributed by atoms with Gasteiger partial charge in [-0.3, -0.25) is 19.4 Å². The van der Waals surface area contributed by atoms with Gasteiger partial charge < -0.3 is 14.6 Å². The number of hydrogen-bond acceptors (Lipinski definition) is 7. The van der Waals surface area contributed by atoms with Gasteiger partial charge in [0.1, 0.15) is 17.1 Å². The molecular weight excluding hydrogens is 380 g/mol. The second-order valence-electron chi connectivity index (χ2n) is 8.01. The zero-order valence-electron chi connectivity index (χ0n) is 17.5. The van der Waals surface area contributed by atoms with Crippen LogP contribution in [0, 0.1) is 0 Å². The van der Waals surface area contributed by atoms with Crippen LogP contribution in [-0.2, 0) is 6.54 Å². The summed E-state index contributed by atoms with van der Waals surface area (Å²) in [5.41, 5.74) is 1.46. The summed E-state index contributed by atoms with van der Waals surface area (Å²) in [6.07, 6.45) is 1.64. The predicted molar refractivity (Wildman–Crippen MR) is 119 cm³/mol. The fourth-order valence-electron chi connectivity index (χ4n) is 4.03. The van der Waals surface area contributed by atoms with Crippen molar-refractivity contribution in [3.63, 3.8) is 0 Å². The van der Waals surface area contributed by atoms with E-state index in [-0.39, 0.29) is 11.5 Å². The summed E-state index contributed by atoms with van der Waals surface area (Å²) < 4.78 is 5.53. The molecule has 0 aliphatic carbocycles. The molecule has 7 nitrogen and oxygen atoms in total. The van der Waals surface area contributed by atoms with Crippen LogP contribution < -0.4 is 21.1 Å². The van der Waals surface area contributed by atoms with Crippen molar-refractivity contribution < 1.29 is 4.42 Å². The van der Waals surface area contributed by atoms with Gasteiger partial charge in [0.25, 0.3) is 10.9 Å². The Hall–Kier alpha value is -2.90. The maximum absolute atomic E-state index is 12.3. The van der Waals surface area contributed by atoms with Crippen molar-refractivity contribution in [1.29, 1.82) is 0 Å². The minimum Gasteiger partial charge on any atom is -0.468 e. The summed E-state index contributed by atoms with van der Waals surface area (Å²) in [6.45, 7) is 4.59. The Labute approximate surface area is 176 Å². The third-order valence-corrected chi connectivity index (χ3v) is 5.79. The van der Waals surface area contributed by atoms with Gasteiger partial charge in [0, 0.05) is 39.3 Å². The van der Waals surface area contributed by atoms with Gasteiger partial charge in [-0.15, -0.1) is 0 Å². The summed E-state index contributed by atoms with van der Waals surface area (Å²) in [7, 11) is 3.92. The first-order valence-electron chi connectivity index (χ1n) is 10.3. The van der Waals surface area contributed by atoms with E-state index in [0.717, 1.165) is 38.5 Å². The monoisotopic (exact) mass is 408 g/mol. The van der Waals surface area contributed by atoms with Crippen molar-refractivity contribution in [2.24, 2.45) is 0 Å². The van der Waals surface area contributed by atoms with E-state index in [1.807, 2.05) is 42.1 Å². The lowest BCUT2D eigenvalue weighted by Crippen LogP contribution is -2.51. The van der Waals surface area contributed by atoms with Crippen LogP contribution in [0.3, 0.4) is 0 Å². The molecule has 1 aliphatic rings. The molecule has 30 heavy (non-hydrogen) atoms. The molecule has 0 bridgehead atoms. The van der Waals surface area contributed by atoms with Gasteiger partial charge in [-0.2, -0.15) is 0 Å². The number of hydrogen-bond donors (Lipinski definition) is 1. The van der Waals surface area contributed by atoms with Crippen LogP contribution in [0.4, 0.5) is 11.4 Å². The lowest BCUT2D eigenvalue weighted by atomic mass is 10.1. The molecule has 1 aromatic heterocycles. The van der Waals surface area contributed by atoms with Crippen LogP contribution >= 0.6 is 0 Å². The highest BCUT2D eigenvalue weighted by Crippen LogP contribution is 2.25. The number of nitrogens with zero attached hydrogens (tertiary/aromatic N) is 3. The largest absolute Gasteiger partial charge is 0.468 e. The molecule has 3 aromatic rings. The van der Waals surface area contributed by atoms with E-state index in [4.69, 9.17) is 4.42 Å². The SMILES string of the molecule is CN(C)C(CNc1c(N2CCN(Cc3ccccc3)CC2)c(=O)c1=O)c1ccco1. The molecule has 1 N–H and O–H groups in total. The highest BCUT2D eigenvalue weighted by atomic mass is 16.3. The van der Waals surface area contributed by atoms with Gasteiger partial charge in [-0.05, 0) is 31.8 Å². The molecular formula is C23H28N4O3. The van der Waals surface area contributed by atoms with Crippen molar-refractivity contribution in [1.82, 2.24) is 9.80 Å². The summed E-state index contributed by atoms with van der Waals surface area (Å²) in [6, 6.07) is 14.1. The maximum Gasteiger partial charge on any atom is 0.253 e. The number of furan rings is 1. The quantitative estimate of drug-likeness (QED) is 0.571. The van der Waals surface area contributed by atoms with Crippen LogP contribution in [-0.4, -0.2) is 56.6 Å². The zero-order valence-corrected chi connectivity index (χ0v) is 17.5. The molecule has 1 aliphatic heterocycles. The summed E-state index contributed by atoms with van der Waals surface area (Å²) >= 11 is 0. The molecule has 0 amide bonds. The van der Waals surface area contributed by atoms with Crippen LogP contribution in [0.25, 0.3) is 0 Å². The Kier molecular flexibility index (Phi) is 6.01. The maximum atomic E-state index is 12.3. The molecule has 4 rings (SSSR count). The Morgan fingerprint density at radius 2 is 1.73 bits per heavy atom. The van der Waals surface area contributed by atoms with Crippen LogP contribution in [0.2, 0.25) is 0 Å². The van der Waals surface area contributed by atoms with E-state index in [9.17, 15) is 9.59 Å². The van der Waals surface area contributed by atoms with Gasteiger partial charge in [0.2, 0.25) is 0 Å². The Balaban J connectivity index is 1.39. The molecule has 1 unspecified atom stereocenters. The molecule has 0 radical (unpaired) electrons.